The maximum absolute atomic E-state index is 14.4. The van der Waals surface area contributed by atoms with Crippen LogP contribution in [-0.2, 0) is 11.3 Å². The van der Waals surface area contributed by atoms with Crippen LogP contribution in [-0.4, -0.2) is 62.9 Å². The highest BCUT2D eigenvalue weighted by molar-refractivity contribution is 7.98. The van der Waals surface area contributed by atoms with Gasteiger partial charge >= 0.3 is 0 Å². The molecule has 2 aliphatic carbocycles. The molecule has 1 atom stereocenters. The Labute approximate surface area is 244 Å². The SMILES string of the molecule is CSc1cc(C)[nH]c(=O)c1CNC(=O)c1c(C)n([C@H](C)C2CCC(N3CC(OC4CC4)C3)CC2)c2ncc(F)cc12. The van der Waals surface area contributed by atoms with E-state index < -0.39 is 5.82 Å². The summed E-state index contributed by atoms with van der Waals surface area (Å²) >= 11 is 1.47. The third kappa shape index (κ3) is 5.70. The molecule has 3 aromatic rings. The molecule has 0 bridgehead atoms. The first-order chi connectivity index (χ1) is 19.7. The molecule has 3 aromatic heterocycles. The number of nitrogens with one attached hydrogen (secondary N) is 2. The van der Waals surface area contributed by atoms with Gasteiger partial charge in [-0.05, 0) is 83.6 Å². The molecule has 220 valence electrons. The molecule has 2 N–H and O–H groups in total. The summed E-state index contributed by atoms with van der Waals surface area (Å²) in [5.74, 6) is -0.365. The Kier molecular flexibility index (Phi) is 8.00. The van der Waals surface area contributed by atoms with Gasteiger partial charge in [0.25, 0.3) is 11.5 Å². The number of hydrogen-bond donors (Lipinski definition) is 2. The molecular formula is C31H40FN5O3S. The molecule has 10 heteroatoms. The van der Waals surface area contributed by atoms with Gasteiger partial charge in [0.1, 0.15) is 11.5 Å². The van der Waals surface area contributed by atoms with Crippen molar-refractivity contribution in [2.45, 2.75) is 95.0 Å². The van der Waals surface area contributed by atoms with Crippen molar-refractivity contribution in [3.8, 4) is 0 Å². The largest absolute Gasteiger partial charge is 0.372 e. The first kappa shape index (κ1) is 28.4. The van der Waals surface area contributed by atoms with Gasteiger partial charge in [-0.15, -0.1) is 11.8 Å². The standard InChI is InChI=1S/C31H40FN5O3S/c1-17-11-27(41-4)26(30(38)35-17)14-34-31(39)28-19(3)37(29-25(28)12-21(32)13-33-29)18(2)20-5-7-22(8-6-20)36-15-24(16-36)40-23-9-10-23/h11-13,18,20,22-24H,5-10,14-16H2,1-4H3,(H,34,39)(H,35,38)/t18-,20?,22?/m1/s1. The maximum atomic E-state index is 14.4. The molecule has 0 unspecified atom stereocenters. The van der Waals surface area contributed by atoms with Gasteiger partial charge in [0.15, 0.2) is 0 Å². The highest BCUT2D eigenvalue weighted by Gasteiger charge is 2.39. The number of thioether (sulfide) groups is 1. The van der Waals surface area contributed by atoms with E-state index in [1.54, 1.807) is 0 Å². The lowest BCUT2D eigenvalue weighted by Crippen LogP contribution is -2.57. The summed E-state index contributed by atoms with van der Waals surface area (Å²) in [6.07, 6.45) is 11.0. The number of aromatic amines is 1. The summed E-state index contributed by atoms with van der Waals surface area (Å²) in [7, 11) is 0. The molecule has 1 aliphatic heterocycles. The van der Waals surface area contributed by atoms with Gasteiger partial charge in [0, 0.05) is 59.0 Å². The molecule has 0 radical (unpaired) electrons. The van der Waals surface area contributed by atoms with E-state index in [-0.39, 0.29) is 24.1 Å². The number of carbonyl (C=O) groups excluding carboxylic acids is 1. The second-order valence-electron chi connectivity index (χ2n) is 12.1. The Bertz CT molecular complexity index is 1500. The predicted molar refractivity (Wildman–Crippen MR) is 159 cm³/mol. The Morgan fingerprint density at radius 1 is 1.17 bits per heavy atom. The van der Waals surface area contributed by atoms with Crippen molar-refractivity contribution in [3.05, 3.63) is 57.0 Å². The van der Waals surface area contributed by atoms with Gasteiger partial charge in [0.2, 0.25) is 0 Å². The Morgan fingerprint density at radius 2 is 1.90 bits per heavy atom. The van der Waals surface area contributed by atoms with E-state index in [0.717, 1.165) is 55.1 Å². The number of amides is 1. The molecule has 1 amide bonds. The lowest BCUT2D eigenvalue weighted by atomic mass is 9.80. The number of rotatable bonds is 9. The van der Waals surface area contributed by atoms with Crippen molar-refractivity contribution < 1.29 is 13.9 Å². The summed E-state index contributed by atoms with van der Waals surface area (Å²) in [5.41, 5.74) is 2.90. The van der Waals surface area contributed by atoms with Crippen LogP contribution in [0.5, 0.6) is 0 Å². The first-order valence-corrected chi connectivity index (χ1v) is 16.1. The van der Waals surface area contributed by atoms with Crippen LogP contribution >= 0.6 is 11.8 Å². The van der Waals surface area contributed by atoms with Gasteiger partial charge < -0.3 is 19.6 Å². The number of ether oxygens (including phenoxy) is 1. The van der Waals surface area contributed by atoms with Crippen molar-refractivity contribution in [2.24, 2.45) is 5.92 Å². The number of hydrogen-bond acceptors (Lipinski definition) is 6. The number of H-pyrrole nitrogens is 1. The molecule has 3 fully saturated rings. The van der Waals surface area contributed by atoms with Crippen LogP contribution in [0.1, 0.15) is 78.8 Å². The van der Waals surface area contributed by atoms with Crippen LogP contribution in [0.25, 0.3) is 11.0 Å². The van der Waals surface area contributed by atoms with Crippen molar-refractivity contribution in [2.75, 3.05) is 19.3 Å². The molecule has 8 nitrogen and oxygen atoms in total. The third-order valence-electron chi connectivity index (χ3n) is 9.29. The van der Waals surface area contributed by atoms with Crippen LogP contribution in [0.4, 0.5) is 4.39 Å². The van der Waals surface area contributed by atoms with Crippen LogP contribution in [0.2, 0.25) is 0 Å². The molecule has 1 saturated heterocycles. The summed E-state index contributed by atoms with van der Waals surface area (Å²) in [6, 6.07) is 4.04. The number of fused-ring (bicyclic) bond motifs is 1. The monoisotopic (exact) mass is 581 g/mol. The van der Waals surface area contributed by atoms with E-state index in [1.165, 1.54) is 36.9 Å². The zero-order chi connectivity index (χ0) is 28.8. The number of nitrogens with zero attached hydrogens (tertiary/aromatic N) is 3. The zero-order valence-corrected chi connectivity index (χ0v) is 25.2. The van der Waals surface area contributed by atoms with Gasteiger partial charge in [-0.3, -0.25) is 14.5 Å². The fourth-order valence-electron chi connectivity index (χ4n) is 6.85. The van der Waals surface area contributed by atoms with Crippen LogP contribution in [0.15, 0.2) is 28.0 Å². The van der Waals surface area contributed by atoms with Crippen molar-refractivity contribution in [1.29, 1.82) is 0 Å². The van der Waals surface area contributed by atoms with Crippen LogP contribution < -0.4 is 10.9 Å². The average molecular weight is 582 g/mol. The number of pyridine rings is 2. The van der Waals surface area contributed by atoms with Gasteiger partial charge in [-0.25, -0.2) is 9.37 Å². The summed E-state index contributed by atoms with van der Waals surface area (Å²) in [5, 5.41) is 3.44. The Hall–Kier alpha value is -2.69. The van der Waals surface area contributed by atoms with E-state index in [2.05, 4.69) is 31.7 Å². The van der Waals surface area contributed by atoms with E-state index in [1.807, 2.05) is 26.2 Å². The summed E-state index contributed by atoms with van der Waals surface area (Å²) in [4.78, 5) is 36.9. The average Bonchev–Trinajstić information content (AvgIpc) is 3.70. The summed E-state index contributed by atoms with van der Waals surface area (Å²) < 4.78 is 22.6. The molecule has 3 aliphatic rings. The third-order valence-corrected chi connectivity index (χ3v) is 10.1. The minimum Gasteiger partial charge on any atom is -0.372 e. The molecule has 2 saturated carbocycles. The molecular weight excluding hydrogens is 541 g/mol. The topological polar surface area (TPSA) is 92.2 Å². The minimum absolute atomic E-state index is 0.0854. The number of carbonyl (C=O) groups is 1. The fraction of sp³-hybridized carbons (Fsp3) is 0.581. The van der Waals surface area contributed by atoms with Crippen molar-refractivity contribution in [1.82, 2.24) is 24.8 Å². The highest BCUT2D eigenvalue weighted by Crippen LogP contribution is 2.40. The number of likely N-dealkylation sites (tertiary alicyclic amines) is 1. The molecule has 0 spiro atoms. The minimum atomic E-state index is -0.477. The number of halogens is 1. The van der Waals surface area contributed by atoms with Gasteiger partial charge in [-0.1, -0.05) is 0 Å². The number of aryl methyl sites for hydroxylation is 1. The quantitative estimate of drug-likeness (QED) is 0.341. The Balaban J connectivity index is 1.18. The predicted octanol–water partition coefficient (Wildman–Crippen LogP) is 5.12. The maximum Gasteiger partial charge on any atom is 0.254 e. The zero-order valence-electron chi connectivity index (χ0n) is 24.3. The Morgan fingerprint density at radius 3 is 2.59 bits per heavy atom. The van der Waals surface area contributed by atoms with E-state index >= 15 is 0 Å². The normalized spacial score (nSPS) is 22.6. The number of aromatic nitrogens is 3. The van der Waals surface area contributed by atoms with E-state index in [9.17, 15) is 14.0 Å². The lowest BCUT2D eigenvalue weighted by molar-refractivity contribution is -0.0864. The molecule has 4 heterocycles. The van der Waals surface area contributed by atoms with E-state index in [0.29, 0.717) is 46.3 Å². The smallest absolute Gasteiger partial charge is 0.254 e. The van der Waals surface area contributed by atoms with Crippen molar-refractivity contribution >= 4 is 28.7 Å². The fourth-order valence-corrected chi connectivity index (χ4v) is 7.56. The van der Waals surface area contributed by atoms with Crippen molar-refractivity contribution in [3.63, 3.8) is 0 Å². The highest BCUT2D eigenvalue weighted by atomic mass is 32.2. The van der Waals surface area contributed by atoms with Crippen LogP contribution in [0.3, 0.4) is 0 Å². The first-order valence-electron chi connectivity index (χ1n) is 14.8. The lowest BCUT2D eigenvalue weighted by Gasteiger charge is -2.47. The van der Waals surface area contributed by atoms with E-state index in [4.69, 9.17) is 4.74 Å². The van der Waals surface area contributed by atoms with Gasteiger partial charge in [-0.2, -0.15) is 0 Å². The molecule has 6 rings (SSSR count). The second kappa shape index (κ2) is 11.5. The molecule has 41 heavy (non-hydrogen) atoms. The van der Waals surface area contributed by atoms with Crippen LogP contribution in [0, 0.1) is 25.6 Å². The summed E-state index contributed by atoms with van der Waals surface area (Å²) in [6.45, 7) is 8.16. The molecule has 0 aromatic carbocycles. The second-order valence-corrected chi connectivity index (χ2v) is 12.9. The van der Waals surface area contributed by atoms with Gasteiger partial charge in [0.05, 0.1) is 24.0 Å².